The summed E-state index contributed by atoms with van der Waals surface area (Å²) in [6.07, 6.45) is 2.14. The molecule has 0 radical (unpaired) electrons. The van der Waals surface area contributed by atoms with Crippen molar-refractivity contribution in [3.05, 3.63) is 56.5 Å². The van der Waals surface area contributed by atoms with Crippen LogP contribution in [0.2, 0.25) is 0 Å². The molecule has 0 aromatic heterocycles. The quantitative estimate of drug-likeness (QED) is 0.451. The largest absolute Gasteiger partial charge is 0.497 e. The normalized spacial score (nSPS) is 13.4. The fourth-order valence-electron chi connectivity index (χ4n) is 3.31. The lowest BCUT2D eigenvalue weighted by Crippen LogP contribution is -2.11. The van der Waals surface area contributed by atoms with Gasteiger partial charge < -0.3 is 9.47 Å². The fourth-order valence-corrected chi connectivity index (χ4v) is 4.62. The Bertz CT molecular complexity index is 626. The molecule has 0 aliphatic heterocycles. The Labute approximate surface area is 161 Å². The summed E-state index contributed by atoms with van der Waals surface area (Å²) in [5.41, 5.74) is 2.65. The SMILES string of the molecule is CC[C@H](c1ccc(OC)cc1Br)[C@@H](CC)c1ccc(OC)cc1Br. The Kier molecular flexibility index (Phi) is 7.17. The molecule has 2 aromatic rings. The van der Waals surface area contributed by atoms with Gasteiger partial charge in [0.05, 0.1) is 14.2 Å². The zero-order valence-corrected chi connectivity index (χ0v) is 17.8. The van der Waals surface area contributed by atoms with E-state index in [4.69, 9.17) is 9.47 Å². The molecule has 24 heavy (non-hydrogen) atoms. The molecule has 0 saturated carbocycles. The van der Waals surface area contributed by atoms with E-state index >= 15 is 0 Å². The molecule has 0 aliphatic carbocycles. The number of hydrogen-bond acceptors (Lipinski definition) is 2. The third-order valence-electron chi connectivity index (χ3n) is 4.58. The lowest BCUT2D eigenvalue weighted by molar-refractivity contribution is 0.413. The third-order valence-corrected chi connectivity index (χ3v) is 5.95. The van der Waals surface area contributed by atoms with Crippen molar-refractivity contribution in [3.63, 3.8) is 0 Å². The smallest absolute Gasteiger partial charge is 0.120 e. The first-order valence-electron chi connectivity index (χ1n) is 8.22. The maximum absolute atomic E-state index is 5.33. The minimum Gasteiger partial charge on any atom is -0.497 e. The summed E-state index contributed by atoms with van der Waals surface area (Å²) >= 11 is 7.46. The average molecular weight is 456 g/mol. The highest BCUT2D eigenvalue weighted by atomic mass is 79.9. The van der Waals surface area contributed by atoms with Gasteiger partial charge >= 0.3 is 0 Å². The standard InChI is InChI=1S/C20H24Br2O2/c1-5-15(17-9-7-13(23-3)11-19(17)21)16(6-2)18-10-8-14(24-4)12-20(18)22/h7-12,15-16H,5-6H2,1-4H3/t15-,16+. The van der Waals surface area contributed by atoms with Crippen molar-refractivity contribution >= 4 is 31.9 Å². The predicted octanol–water partition coefficient (Wildman–Crippen LogP) is 6.92. The number of methoxy groups -OCH3 is 2. The van der Waals surface area contributed by atoms with Crippen LogP contribution >= 0.6 is 31.9 Å². The molecule has 0 N–H and O–H groups in total. The van der Waals surface area contributed by atoms with Crippen LogP contribution in [0.5, 0.6) is 11.5 Å². The van der Waals surface area contributed by atoms with Gasteiger partial charge in [0.15, 0.2) is 0 Å². The molecular formula is C20H24Br2O2. The minimum atomic E-state index is 0.431. The fraction of sp³-hybridized carbons (Fsp3) is 0.400. The molecule has 0 spiro atoms. The molecule has 2 nitrogen and oxygen atoms in total. The van der Waals surface area contributed by atoms with Crippen molar-refractivity contribution in [3.8, 4) is 11.5 Å². The lowest BCUT2D eigenvalue weighted by atomic mass is 9.78. The summed E-state index contributed by atoms with van der Waals surface area (Å²) in [6.45, 7) is 4.50. The minimum absolute atomic E-state index is 0.431. The van der Waals surface area contributed by atoms with E-state index in [0.29, 0.717) is 11.8 Å². The number of rotatable bonds is 7. The number of ether oxygens (including phenoxy) is 2. The van der Waals surface area contributed by atoms with Crippen LogP contribution in [0.1, 0.15) is 49.7 Å². The summed E-state index contributed by atoms with van der Waals surface area (Å²) in [4.78, 5) is 0. The summed E-state index contributed by atoms with van der Waals surface area (Å²) in [6, 6.07) is 12.5. The van der Waals surface area contributed by atoms with Gasteiger partial charge in [0.1, 0.15) is 11.5 Å². The summed E-state index contributed by atoms with van der Waals surface area (Å²) in [5, 5.41) is 0. The Hall–Kier alpha value is -1.00. The van der Waals surface area contributed by atoms with Crippen LogP contribution < -0.4 is 9.47 Å². The maximum Gasteiger partial charge on any atom is 0.120 e. The molecule has 0 fully saturated rings. The van der Waals surface area contributed by atoms with Gasteiger partial charge in [-0.15, -0.1) is 0 Å². The molecule has 0 bridgehead atoms. The summed E-state index contributed by atoms with van der Waals surface area (Å²) in [5.74, 6) is 2.61. The lowest BCUT2D eigenvalue weighted by Gasteiger charge is -2.28. The van der Waals surface area contributed by atoms with Crippen LogP contribution in [0.15, 0.2) is 45.3 Å². The molecule has 4 heteroatoms. The molecule has 2 atom stereocenters. The van der Waals surface area contributed by atoms with Crippen LogP contribution in [0, 0.1) is 0 Å². The van der Waals surface area contributed by atoms with Gasteiger partial charge in [0.2, 0.25) is 0 Å². The topological polar surface area (TPSA) is 18.5 Å². The molecule has 0 unspecified atom stereocenters. The monoisotopic (exact) mass is 454 g/mol. The predicted molar refractivity (Wildman–Crippen MR) is 107 cm³/mol. The highest BCUT2D eigenvalue weighted by Gasteiger charge is 2.25. The Morgan fingerprint density at radius 3 is 1.38 bits per heavy atom. The number of hydrogen-bond donors (Lipinski definition) is 0. The second-order valence-corrected chi connectivity index (χ2v) is 7.51. The summed E-state index contributed by atoms with van der Waals surface area (Å²) in [7, 11) is 3.39. The van der Waals surface area contributed by atoms with Crippen LogP contribution in [-0.4, -0.2) is 14.2 Å². The van der Waals surface area contributed by atoms with E-state index in [2.05, 4.69) is 57.8 Å². The van der Waals surface area contributed by atoms with Gasteiger partial charge in [-0.1, -0.05) is 57.8 Å². The molecule has 2 rings (SSSR count). The van der Waals surface area contributed by atoms with Gasteiger partial charge in [0.25, 0.3) is 0 Å². The van der Waals surface area contributed by atoms with Crippen LogP contribution in [-0.2, 0) is 0 Å². The maximum atomic E-state index is 5.33. The van der Waals surface area contributed by atoms with Gasteiger partial charge in [0, 0.05) is 8.95 Å². The van der Waals surface area contributed by atoms with Crippen LogP contribution in [0.25, 0.3) is 0 Å². The van der Waals surface area contributed by atoms with Crippen molar-refractivity contribution in [1.29, 1.82) is 0 Å². The Balaban J connectivity index is 2.43. The van der Waals surface area contributed by atoms with Gasteiger partial charge in [-0.05, 0) is 60.1 Å². The molecule has 0 saturated heterocycles. The Morgan fingerprint density at radius 1 is 0.750 bits per heavy atom. The second kappa shape index (κ2) is 8.91. The zero-order chi connectivity index (χ0) is 17.7. The number of halogens is 2. The van der Waals surface area contributed by atoms with Crippen molar-refractivity contribution in [2.75, 3.05) is 14.2 Å². The second-order valence-electron chi connectivity index (χ2n) is 5.80. The molecule has 130 valence electrons. The zero-order valence-electron chi connectivity index (χ0n) is 14.6. The van der Waals surface area contributed by atoms with E-state index < -0.39 is 0 Å². The van der Waals surface area contributed by atoms with Crippen molar-refractivity contribution in [2.45, 2.75) is 38.5 Å². The molecule has 0 heterocycles. The first-order valence-corrected chi connectivity index (χ1v) is 9.81. The van der Waals surface area contributed by atoms with Crippen molar-refractivity contribution in [2.24, 2.45) is 0 Å². The van der Waals surface area contributed by atoms with E-state index in [1.54, 1.807) is 14.2 Å². The summed E-state index contributed by atoms with van der Waals surface area (Å²) < 4.78 is 12.9. The Morgan fingerprint density at radius 2 is 1.12 bits per heavy atom. The molecule has 0 aliphatic rings. The van der Waals surface area contributed by atoms with E-state index in [9.17, 15) is 0 Å². The first-order chi connectivity index (χ1) is 11.5. The van der Waals surface area contributed by atoms with Crippen LogP contribution in [0.4, 0.5) is 0 Å². The highest BCUT2D eigenvalue weighted by Crippen LogP contribution is 2.44. The first kappa shape index (κ1) is 19.3. The molecular weight excluding hydrogens is 432 g/mol. The van der Waals surface area contributed by atoms with E-state index in [-0.39, 0.29) is 0 Å². The highest BCUT2D eigenvalue weighted by molar-refractivity contribution is 9.10. The van der Waals surface area contributed by atoms with Gasteiger partial charge in [-0.2, -0.15) is 0 Å². The van der Waals surface area contributed by atoms with Crippen molar-refractivity contribution in [1.82, 2.24) is 0 Å². The number of benzene rings is 2. The van der Waals surface area contributed by atoms with Crippen molar-refractivity contribution < 1.29 is 9.47 Å². The molecule has 2 aromatic carbocycles. The average Bonchev–Trinajstić information content (AvgIpc) is 2.60. The third kappa shape index (κ3) is 4.15. The van der Waals surface area contributed by atoms with E-state index in [0.717, 1.165) is 33.3 Å². The van der Waals surface area contributed by atoms with Crippen LogP contribution in [0.3, 0.4) is 0 Å². The van der Waals surface area contributed by atoms with E-state index in [1.807, 2.05) is 24.3 Å². The van der Waals surface area contributed by atoms with E-state index in [1.165, 1.54) is 11.1 Å². The molecule has 0 amide bonds. The van der Waals surface area contributed by atoms with Gasteiger partial charge in [-0.25, -0.2) is 0 Å². The van der Waals surface area contributed by atoms with Gasteiger partial charge in [-0.3, -0.25) is 0 Å².